The maximum atomic E-state index is 11.7. The third-order valence-electron chi connectivity index (χ3n) is 7.36. The summed E-state index contributed by atoms with van der Waals surface area (Å²) in [4.78, 5) is 11.7. The second kappa shape index (κ2) is 5.88. The first-order chi connectivity index (χ1) is 11.1. The van der Waals surface area contributed by atoms with Crippen LogP contribution in [0.5, 0.6) is 0 Å². The van der Waals surface area contributed by atoms with Crippen LogP contribution >= 0.6 is 0 Å². The zero-order valence-corrected chi connectivity index (χ0v) is 14.4. The molecule has 0 aromatic rings. The molecular weight excluding hydrogens is 284 g/mol. The van der Waals surface area contributed by atoms with Crippen LogP contribution in [0, 0.1) is 23.2 Å². The van der Waals surface area contributed by atoms with Crippen LogP contribution in [0.15, 0.2) is 22.8 Å². The van der Waals surface area contributed by atoms with Gasteiger partial charge in [-0.1, -0.05) is 12.5 Å². The molecule has 2 fully saturated rings. The van der Waals surface area contributed by atoms with Gasteiger partial charge in [-0.15, -0.1) is 0 Å². The Morgan fingerprint density at radius 1 is 1.26 bits per heavy atom. The van der Waals surface area contributed by atoms with E-state index in [1.807, 2.05) is 6.08 Å². The summed E-state index contributed by atoms with van der Waals surface area (Å²) in [6.45, 7) is 2.88. The molecule has 2 nitrogen and oxygen atoms in total. The van der Waals surface area contributed by atoms with E-state index in [1.54, 1.807) is 11.1 Å². The Morgan fingerprint density at radius 2 is 2.13 bits per heavy atom. The smallest absolute Gasteiger partial charge is 0.156 e. The lowest BCUT2D eigenvalue weighted by Crippen LogP contribution is -2.36. The van der Waals surface area contributed by atoms with Crippen LogP contribution in [0.4, 0.5) is 0 Å². The summed E-state index contributed by atoms with van der Waals surface area (Å²) in [7, 11) is 0. The number of allylic oxidation sites excluding steroid dienone is 4. The Labute approximate surface area is 140 Å². The second-order valence-corrected chi connectivity index (χ2v) is 8.72. The SMILES string of the molecule is C[C@]12CCC3=C4CCC(=O)C=C4CC[C@H]3[C@@H]1CC(CCCO)C2. The summed E-state index contributed by atoms with van der Waals surface area (Å²) in [5.74, 6) is 2.80. The Kier molecular flexibility index (Phi) is 3.99. The number of hydrogen-bond donors (Lipinski definition) is 1. The summed E-state index contributed by atoms with van der Waals surface area (Å²) >= 11 is 0. The van der Waals surface area contributed by atoms with Crippen molar-refractivity contribution in [3.05, 3.63) is 22.8 Å². The molecule has 0 radical (unpaired) electrons. The van der Waals surface area contributed by atoms with E-state index in [0.717, 1.165) is 43.4 Å². The maximum absolute atomic E-state index is 11.7. The van der Waals surface area contributed by atoms with Gasteiger partial charge in [0, 0.05) is 13.0 Å². The monoisotopic (exact) mass is 314 g/mol. The van der Waals surface area contributed by atoms with Crippen molar-refractivity contribution < 1.29 is 9.90 Å². The molecule has 23 heavy (non-hydrogen) atoms. The molecule has 1 N–H and O–H groups in total. The van der Waals surface area contributed by atoms with Crippen molar-refractivity contribution in [1.82, 2.24) is 0 Å². The molecule has 4 rings (SSSR count). The normalized spacial score (nSPS) is 39.7. The Morgan fingerprint density at radius 3 is 2.96 bits per heavy atom. The van der Waals surface area contributed by atoms with Crippen LogP contribution in [-0.2, 0) is 4.79 Å². The van der Waals surface area contributed by atoms with E-state index >= 15 is 0 Å². The van der Waals surface area contributed by atoms with Crippen molar-refractivity contribution in [3.8, 4) is 0 Å². The Hall–Kier alpha value is -0.890. The molecule has 0 heterocycles. The van der Waals surface area contributed by atoms with Crippen LogP contribution in [-0.4, -0.2) is 17.5 Å². The molecule has 0 spiro atoms. The van der Waals surface area contributed by atoms with Crippen LogP contribution in [0.1, 0.15) is 71.1 Å². The van der Waals surface area contributed by atoms with Crippen molar-refractivity contribution in [2.24, 2.45) is 23.2 Å². The minimum absolute atomic E-state index is 0.341. The highest BCUT2D eigenvalue weighted by Gasteiger charge is 2.51. The predicted octanol–water partition coefficient (Wildman–Crippen LogP) is 4.58. The van der Waals surface area contributed by atoms with Crippen molar-refractivity contribution in [1.29, 1.82) is 0 Å². The van der Waals surface area contributed by atoms with Gasteiger partial charge in [0.1, 0.15) is 0 Å². The fourth-order valence-electron chi connectivity index (χ4n) is 6.34. The largest absolute Gasteiger partial charge is 0.396 e. The number of carbonyl (C=O) groups excluding carboxylic acids is 1. The first-order valence-corrected chi connectivity index (χ1v) is 9.67. The molecule has 126 valence electrons. The van der Waals surface area contributed by atoms with Crippen molar-refractivity contribution in [2.45, 2.75) is 71.1 Å². The van der Waals surface area contributed by atoms with Crippen LogP contribution < -0.4 is 0 Å². The highest BCUT2D eigenvalue weighted by molar-refractivity contribution is 5.93. The Bertz CT molecular complexity index is 570. The lowest BCUT2D eigenvalue weighted by molar-refractivity contribution is -0.114. The zero-order chi connectivity index (χ0) is 16.0. The van der Waals surface area contributed by atoms with Crippen LogP contribution in [0.3, 0.4) is 0 Å². The number of rotatable bonds is 3. The van der Waals surface area contributed by atoms with E-state index < -0.39 is 0 Å². The molecule has 2 saturated carbocycles. The maximum Gasteiger partial charge on any atom is 0.156 e. The van der Waals surface area contributed by atoms with E-state index in [4.69, 9.17) is 5.11 Å². The average Bonchev–Trinajstić information content (AvgIpc) is 2.89. The number of aliphatic hydroxyl groups is 1. The zero-order valence-electron chi connectivity index (χ0n) is 14.4. The molecule has 0 amide bonds. The molecule has 0 aliphatic heterocycles. The van der Waals surface area contributed by atoms with Crippen molar-refractivity contribution in [3.63, 3.8) is 0 Å². The lowest BCUT2D eigenvalue weighted by atomic mass is 9.58. The van der Waals surface area contributed by atoms with Crippen LogP contribution in [0.2, 0.25) is 0 Å². The summed E-state index contributed by atoms with van der Waals surface area (Å²) in [6, 6.07) is 0. The second-order valence-electron chi connectivity index (χ2n) is 8.72. The molecule has 2 heteroatoms. The molecule has 1 unspecified atom stereocenters. The number of ketones is 1. The third-order valence-corrected chi connectivity index (χ3v) is 7.36. The van der Waals surface area contributed by atoms with Crippen molar-refractivity contribution >= 4 is 5.78 Å². The first-order valence-electron chi connectivity index (χ1n) is 9.67. The van der Waals surface area contributed by atoms with Gasteiger partial charge in [-0.05, 0) is 98.2 Å². The van der Waals surface area contributed by atoms with Crippen LogP contribution in [0.25, 0.3) is 0 Å². The minimum Gasteiger partial charge on any atom is -0.396 e. The van der Waals surface area contributed by atoms with E-state index in [0.29, 0.717) is 17.8 Å². The fourth-order valence-corrected chi connectivity index (χ4v) is 6.34. The minimum atomic E-state index is 0.341. The molecule has 0 bridgehead atoms. The van der Waals surface area contributed by atoms with Crippen molar-refractivity contribution in [2.75, 3.05) is 6.61 Å². The number of aliphatic hydroxyl groups excluding tert-OH is 1. The highest BCUT2D eigenvalue weighted by Crippen LogP contribution is 2.61. The topological polar surface area (TPSA) is 37.3 Å². The van der Waals surface area contributed by atoms with E-state index in [2.05, 4.69) is 6.92 Å². The Balaban J connectivity index is 1.60. The van der Waals surface area contributed by atoms with Gasteiger partial charge >= 0.3 is 0 Å². The van der Waals surface area contributed by atoms with Gasteiger partial charge in [0.15, 0.2) is 5.78 Å². The molecule has 4 aliphatic rings. The highest BCUT2D eigenvalue weighted by atomic mass is 16.2. The molecule has 4 aliphatic carbocycles. The standard InChI is InChI=1S/C21H30O2/c1-21-9-8-18-17-7-5-16(23)12-15(17)4-6-19(18)20(21)11-14(13-21)3-2-10-22/h12,14,19-20,22H,2-11,13H2,1H3/t14?,19-,20+,21-/m1/s1. The molecule has 0 aromatic carbocycles. The molecule has 0 saturated heterocycles. The van der Waals surface area contributed by atoms with Gasteiger partial charge in [0.2, 0.25) is 0 Å². The summed E-state index contributed by atoms with van der Waals surface area (Å²) < 4.78 is 0. The van der Waals surface area contributed by atoms with E-state index in [1.165, 1.54) is 44.1 Å². The molecule has 4 atom stereocenters. The lowest BCUT2D eigenvalue weighted by Gasteiger charge is -2.47. The van der Waals surface area contributed by atoms with Gasteiger partial charge in [0.05, 0.1) is 0 Å². The van der Waals surface area contributed by atoms with Gasteiger partial charge in [0.25, 0.3) is 0 Å². The summed E-state index contributed by atoms with van der Waals surface area (Å²) in [5.41, 5.74) is 5.23. The fraction of sp³-hybridized carbons (Fsp3) is 0.762. The molecular formula is C21H30O2. The summed E-state index contributed by atoms with van der Waals surface area (Å²) in [6.07, 6.45) is 13.6. The number of carbonyl (C=O) groups is 1. The van der Waals surface area contributed by atoms with E-state index in [-0.39, 0.29) is 0 Å². The van der Waals surface area contributed by atoms with Gasteiger partial charge in [-0.25, -0.2) is 0 Å². The quantitative estimate of drug-likeness (QED) is 0.828. The van der Waals surface area contributed by atoms with Gasteiger partial charge < -0.3 is 5.11 Å². The first kappa shape index (κ1) is 15.6. The molecule has 0 aromatic heterocycles. The van der Waals surface area contributed by atoms with Gasteiger partial charge in [-0.3, -0.25) is 4.79 Å². The summed E-state index contributed by atoms with van der Waals surface area (Å²) in [5, 5.41) is 9.15. The number of hydrogen-bond acceptors (Lipinski definition) is 2. The predicted molar refractivity (Wildman–Crippen MR) is 91.9 cm³/mol. The van der Waals surface area contributed by atoms with Gasteiger partial charge in [-0.2, -0.15) is 0 Å². The third kappa shape index (κ3) is 2.63. The number of fused-ring (bicyclic) bond motifs is 4. The van der Waals surface area contributed by atoms with E-state index in [9.17, 15) is 4.79 Å². The average molecular weight is 314 g/mol.